The predicted molar refractivity (Wildman–Crippen MR) is 94.1 cm³/mol. The average molecular weight is 532 g/mol. The first-order valence-electron chi connectivity index (χ1n) is 8.06. The molecule has 3 aromatic rings. The molecule has 0 atom stereocenters. The molecule has 0 amide bonds. The Morgan fingerprint density at radius 3 is 2.15 bits per heavy atom. The number of carbonyl (C=O) groups is 1. The molecule has 26 heavy (non-hydrogen) atoms. The zero-order valence-electron chi connectivity index (χ0n) is 15.1. The molecule has 0 unspecified atom stereocenters. The number of nitrogens with zero attached hydrogens (tertiary/aromatic N) is 4. The normalized spacial score (nSPS) is 11.8. The maximum absolute atomic E-state index is 11.1. The first kappa shape index (κ1) is 20.1. The number of aromatic nitrogens is 4. The van der Waals surface area contributed by atoms with Gasteiger partial charge < -0.3 is 5.11 Å². The fraction of sp³-hybridized carbons (Fsp3) is 0.316. The van der Waals surface area contributed by atoms with Crippen LogP contribution >= 0.6 is 0 Å². The van der Waals surface area contributed by atoms with Gasteiger partial charge in [-0.25, -0.2) is 4.79 Å². The number of hydrogen-bond acceptors (Lipinski definition) is 3. The third-order valence-electron chi connectivity index (χ3n) is 5.16. The number of carboxylic acid groups (broad SMARTS) is 1. The van der Waals surface area contributed by atoms with Crippen LogP contribution in [0.5, 0.6) is 0 Å². The van der Waals surface area contributed by atoms with E-state index in [0.29, 0.717) is 5.69 Å². The molecule has 2 heterocycles. The molecule has 0 spiro atoms. The van der Waals surface area contributed by atoms with E-state index >= 15 is 0 Å². The third-order valence-corrected chi connectivity index (χ3v) is 5.16. The summed E-state index contributed by atoms with van der Waals surface area (Å²) < 4.78 is 2.73. The Morgan fingerprint density at radius 2 is 1.62 bits per heavy atom. The summed E-state index contributed by atoms with van der Waals surface area (Å²) in [4.78, 5) is 11.1. The van der Waals surface area contributed by atoms with Crippen molar-refractivity contribution in [1.82, 2.24) is 19.6 Å². The van der Waals surface area contributed by atoms with Gasteiger partial charge in [0.2, 0.25) is 0 Å². The Morgan fingerprint density at radius 1 is 1.00 bits per heavy atom. The van der Waals surface area contributed by atoms with Crippen molar-refractivity contribution < 1.29 is 31.0 Å². The van der Waals surface area contributed by atoms with Gasteiger partial charge in [0.1, 0.15) is 0 Å². The van der Waals surface area contributed by atoms with E-state index in [-0.39, 0.29) is 26.5 Å². The first-order chi connectivity index (χ1) is 11.7. The minimum Gasteiger partial charge on any atom is -0.463 e. The molecule has 6 nitrogen and oxygen atoms in total. The van der Waals surface area contributed by atoms with E-state index in [2.05, 4.69) is 38.9 Å². The predicted octanol–water partition coefficient (Wildman–Crippen LogP) is 3.65. The van der Waals surface area contributed by atoms with Crippen molar-refractivity contribution in [2.75, 3.05) is 0 Å². The minimum atomic E-state index is -1.09. The van der Waals surface area contributed by atoms with Crippen LogP contribution < -0.4 is 0 Å². The molecule has 1 N–H and O–H groups in total. The fourth-order valence-corrected chi connectivity index (χ4v) is 2.72. The van der Waals surface area contributed by atoms with Gasteiger partial charge in [-0.2, -0.15) is 39.1 Å². The van der Waals surface area contributed by atoms with Crippen molar-refractivity contribution in [3.63, 3.8) is 0 Å². The summed E-state index contributed by atoms with van der Waals surface area (Å²) in [5, 5.41) is 18.0. The summed E-state index contributed by atoms with van der Waals surface area (Å²) in [7, 11) is 0. The number of hydrogen-bond donors (Lipinski definition) is 1. The molecule has 0 saturated carbocycles. The van der Waals surface area contributed by atoms with Crippen LogP contribution in [0.3, 0.4) is 0 Å². The van der Waals surface area contributed by atoms with E-state index in [1.807, 2.05) is 36.5 Å². The average Bonchev–Trinajstić information content (AvgIpc) is 3.25. The zero-order chi connectivity index (χ0) is 18.2. The summed E-state index contributed by atoms with van der Waals surface area (Å²) in [6.07, 6.45) is 2.28. The number of para-hydroxylation sites is 1. The van der Waals surface area contributed by atoms with Crippen LogP contribution in [0.25, 0.3) is 5.69 Å². The molecular weight excluding hydrogens is 511 g/mol. The topological polar surface area (TPSA) is 72.9 Å². The van der Waals surface area contributed by atoms with E-state index in [1.54, 1.807) is 10.7 Å². The van der Waals surface area contributed by atoms with Gasteiger partial charge in [0, 0.05) is 44.3 Å². The largest absolute Gasteiger partial charge is 0.463 e. The molecule has 140 valence electrons. The second kappa shape index (κ2) is 7.20. The first-order valence-corrected chi connectivity index (χ1v) is 8.06. The summed E-state index contributed by atoms with van der Waals surface area (Å²) in [6.45, 7) is 8.28. The standard InChI is InChI=1S/C19H21N4O2.Pt/c1-18(2,19(3,4)16-11-13-23(21-16)17(24)25)15-10-12-22(20-15)14-8-6-5-7-9-14;/h5-8,10-13H,1-4H3,(H,24,25);/q-1;. The Hall–Kier alpha value is -2.20. The molecule has 0 radical (unpaired) electrons. The van der Waals surface area contributed by atoms with Crippen LogP contribution in [-0.4, -0.2) is 30.8 Å². The van der Waals surface area contributed by atoms with E-state index in [9.17, 15) is 4.79 Å². The Balaban J connectivity index is 0.00000243. The third kappa shape index (κ3) is 3.38. The number of rotatable bonds is 4. The van der Waals surface area contributed by atoms with E-state index in [1.165, 1.54) is 6.20 Å². The maximum atomic E-state index is 11.1. The van der Waals surface area contributed by atoms with Crippen molar-refractivity contribution >= 4 is 6.09 Å². The van der Waals surface area contributed by atoms with Crippen LogP contribution in [0, 0.1) is 6.07 Å². The summed E-state index contributed by atoms with van der Waals surface area (Å²) in [5.41, 5.74) is 1.69. The molecule has 0 fully saturated rings. The molecule has 3 rings (SSSR count). The van der Waals surface area contributed by atoms with Crippen molar-refractivity contribution in [2.24, 2.45) is 0 Å². The minimum absolute atomic E-state index is 0. The van der Waals surface area contributed by atoms with E-state index < -0.39 is 11.5 Å². The smallest absolute Gasteiger partial charge is 0.432 e. The van der Waals surface area contributed by atoms with Gasteiger partial charge in [0.25, 0.3) is 0 Å². The van der Waals surface area contributed by atoms with Crippen molar-refractivity contribution in [3.8, 4) is 5.69 Å². The second-order valence-electron chi connectivity index (χ2n) is 7.07. The van der Waals surface area contributed by atoms with Gasteiger partial charge >= 0.3 is 6.09 Å². The molecular formula is C19H21N4O2Pt-. The molecule has 0 aliphatic rings. The Kier molecular flexibility index (Phi) is 5.57. The van der Waals surface area contributed by atoms with Gasteiger partial charge in [-0.15, -0.1) is 6.07 Å². The van der Waals surface area contributed by atoms with Crippen LogP contribution in [0.15, 0.2) is 48.8 Å². The van der Waals surface area contributed by atoms with Crippen LogP contribution in [0.1, 0.15) is 39.1 Å². The molecule has 0 saturated heterocycles. The van der Waals surface area contributed by atoms with Gasteiger partial charge in [0.15, 0.2) is 0 Å². The van der Waals surface area contributed by atoms with Crippen LogP contribution in [0.4, 0.5) is 4.79 Å². The van der Waals surface area contributed by atoms with Gasteiger partial charge in [-0.1, -0.05) is 27.7 Å². The SMILES string of the molecule is CC(C)(c1ccn(C(=O)O)n1)C(C)(C)c1ccn(-c2[c-]cccc2)n1.[Pt]. The van der Waals surface area contributed by atoms with Gasteiger partial charge in [0.05, 0.1) is 11.4 Å². The molecule has 7 heteroatoms. The molecule has 0 aliphatic carbocycles. The van der Waals surface area contributed by atoms with E-state index in [4.69, 9.17) is 10.2 Å². The Bertz CT molecular complexity index is 897. The zero-order valence-corrected chi connectivity index (χ0v) is 17.4. The van der Waals surface area contributed by atoms with E-state index in [0.717, 1.165) is 16.1 Å². The van der Waals surface area contributed by atoms with Crippen LogP contribution in [0.2, 0.25) is 0 Å². The second-order valence-corrected chi connectivity index (χ2v) is 7.07. The molecule has 0 aliphatic heterocycles. The fourth-order valence-electron chi connectivity index (χ4n) is 2.72. The van der Waals surface area contributed by atoms with Crippen LogP contribution in [-0.2, 0) is 31.9 Å². The maximum Gasteiger partial charge on any atom is 0.432 e. The quantitative estimate of drug-likeness (QED) is 0.521. The van der Waals surface area contributed by atoms with Crippen molar-refractivity contribution in [1.29, 1.82) is 0 Å². The monoisotopic (exact) mass is 532 g/mol. The number of benzene rings is 1. The molecule has 0 bridgehead atoms. The molecule has 2 aromatic heterocycles. The van der Waals surface area contributed by atoms with Gasteiger partial charge in [-0.3, -0.25) is 4.68 Å². The summed E-state index contributed by atoms with van der Waals surface area (Å²) >= 11 is 0. The Labute approximate surface area is 167 Å². The molecule has 1 aromatic carbocycles. The summed E-state index contributed by atoms with van der Waals surface area (Å²) in [6, 6.07) is 14.5. The summed E-state index contributed by atoms with van der Waals surface area (Å²) in [5.74, 6) is 0. The van der Waals surface area contributed by atoms with Crippen molar-refractivity contribution in [3.05, 3.63) is 66.2 Å². The van der Waals surface area contributed by atoms with Crippen molar-refractivity contribution in [2.45, 2.75) is 38.5 Å². The van der Waals surface area contributed by atoms with Gasteiger partial charge in [-0.05, 0) is 17.8 Å².